The second-order valence-electron chi connectivity index (χ2n) is 4.47. The molecule has 6 heteroatoms. The third-order valence-corrected chi connectivity index (χ3v) is 4.81. The quantitative estimate of drug-likeness (QED) is 0.354. The van der Waals surface area contributed by atoms with Crippen molar-refractivity contribution in [3.63, 3.8) is 0 Å². The van der Waals surface area contributed by atoms with E-state index < -0.39 is 10.0 Å². The molecule has 0 unspecified atom stereocenters. The maximum atomic E-state index is 12.2. The van der Waals surface area contributed by atoms with Crippen LogP contribution in [0.15, 0.2) is 64.6 Å². The maximum absolute atomic E-state index is 12.2. The minimum absolute atomic E-state index is 0.206. The van der Waals surface area contributed by atoms with E-state index in [-0.39, 0.29) is 4.90 Å². The van der Waals surface area contributed by atoms with Gasteiger partial charge in [0, 0.05) is 4.43 Å². The lowest BCUT2D eigenvalue weighted by atomic mass is 10.1. The zero-order chi connectivity index (χ0) is 15.3. The molecule has 21 heavy (non-hydrogen) atoms. The third-order valence-electron chi connectivity index (χ3n) is 2.87. The molecule has 0 fully saturated rings. The van der Waals surface area contributed by atoms with Gasteiger partial charge in [0.05, 0.1) is 10.6 Å². The number of rotatable bonds is 5. The van der Waals surface area contributed by atoms with Crippen molar-refractivity contribution >= 4 is 38.3 Å². The molecule has 2 rings (SSSR count). The molecule has 0 aliphatic rings. The van der Waals surface area contributed by atoms with E-state index in [1.807, 2.05) is 37.3 Å². The van der Waals surface area contributed by atoms with Crippen LogP contribution in [0.25, 0.3) is 0 Å². The van der Waals surface area contributed by atoms with Crippen molar-refractivity contribution in [1.29, 1.82) is 0 Å². The molecular weight excluding hydrogens is 399 g/mol. The van der Waals surface area contributed by atoms with Crippen molar-refractivity contribution in [3.8, 4) is 0 Å². The first-order valence-corrected chi connectivity index (χ1v) is 9.30. The minimum Gasteiger partial charge on any atom is -0.200 e. The van der Waals surface area contributed by atoms with E-state index in [0.29, 0.717) is 10.1 Å². The van der Waals surface area contributed by atoms with Crippen LogP contribution < -0.4 is 4.83 Å². The minimum atomic E-state index is -3.63. The van der Waals surface area contributed by atoms with Gasteiger partial charge in [0.2, 0.25) is 0 Å². The number of hydrogen-bond acceptors (Lipinski definition) is 3. The number of nitrogens with one attached hydrogen (secondary N) is 1. The van der Waals surface area contributed by atoms with E-state index in [1.165, 1.54) is 0 Å². The highest BCUT2D eigenvalue weighted by molar-refractivity contribution is 14.1. The second kappa shape index (κ2) is 7.04. The van der Waals surface area contributed by atoms with Gasteiger partial charge in [-0.15, -0.1) is 0 Å². The molecule has 2 aromatic carbocycles. The summed E-state index contributed by atoms with van der Waals surface area (Å²) < 4.78 is 25.0. The average molecular weight is 414 g/mol. The lowest BCUT2D eigenvalue weighted by molar-refractivity contribution is 0.584. The Hall–Kier alpha value is -1.41. The number of nitrogens with zero attached hydrogens (tertiary/aromatic N) is 1. The van der Waals surface area contributed by atoms with Crippen molar-refractivity contribution in [2.45, 2.75) is 11.8 Å². The molecule has 0 heterocycles. The van der Waals surface area contributed by atoms with Crippen LogP contribution in [-0.2, 0) is 10.0 Å². The average Bonchev–Trinajstić information content (AvgIpc) is 2.49. The van der Waals surface area contributed by atoms with E-state index in [0.717, 1.165) is 11.1 Å². The van der Waals surface area contributed by atoms with Crippen LogP contribution in [0, 0.1) is 6.92 Å². The van der Waals surface area contributed by atoms with Crippen LogP contribution >= 0.6 is 22.6 Å². The Kier molecular flexibility index (Phi) is 5.35. The first kappa shape index (κ1) is 16.0. The summed E-state index contributed by atoms with van der Waals surface area (Å²) in [6.45, 7) is 1.91. The molecule has 0 bridgehead atoms. The normalized spacial score (nSPS) is 12.2. The Balaban J connectivity index is 2.24. The fourth-order valence-corrected chi connectivity index (χ4v) is 3.13. The van der Waals surface area contributed by atoms with Gasteiger partial charge in [-0.25, -0.2) is 0 Å². The molecule has 0 aliphatic carbocycles. The Bertz CT molecular complexity index is 726. The van der Waals surface area contributed by atoms with Crippen LogP contribution in [-0.4, -0.2) is 18.6 Å². The van der Waals surface area contributed by atoms with Crippen LogP contribution in [0.5, 0.6) is 0 Å². The van der Waals surface area contributed by atoms with Crippen molar-refractivity contribution in [3.05, 3.63) is 65.7 Å². The highest BCUT2D eigenvalue weighted by Crippen LogP contribution is 2.10. The molecule has 0 saturated carbocycles. The van der Waals surface area contributed by atoms with Gasteiger partial charge >= 0.3 is 0 Å². The molecule has 0 spiro atoms. The first-order valence-electron chi connectivity index (χ1n) is 6.29. The predicted octanol–water partition coefficient (Wildman–Crippen LogP) is 3.11. The Morgan fingerprint density at radius 1 is 1.10 bits per heavy atom. The summed E-state index contributed by atoms with van der Waals surface area (Å²) in [5.74, 6) is 0. The number of aryl methyl sites for hydroxylation is 1. The molecule has 2 aromatic rings. The fraction of sp³-hybridized carbons (Fsp3) is 0.133. The van der Waals surface area contributed by atoms with Crippen LogP contribution in [0.1, 0.15) is 11.1 Å². The predicted molar refractivity (Wildman–Crippen MR) is 93.4 cm³/mol. The lowest BCUT2D eigenvalue weighted by Gasteiger charge is -2.07. The number of hydrazone groups is 1. The molecule has 0 saturated heterocycles. The van der Waals surface area contributed by atoms with Gasteiger partial charge in [-0.05, 0) is 24.6 Å². The molecule has 0 radical (unpaired) electrons. The molecule has 0 amide bonds. The fourth-order valence-electron chi connectivity index (χ4n) is 1.69. The van der Waals surface area contributed by atoms with Crippen LogP contribution in [0.3, 0.4) is 0 Å². The van der Waals surface area contributed by atoms with Gasteiger partial charge in [-0.3, -0.25) is 0 Å². The highest BCUT2D eigenvalue weighted by Gasteiger charge is 2.13. The second-order valence-corrected chi connectivity index (χ2v) is 6.89. The van der Waals surface area contributed by atoms with Gasteiger partial charge in [0.15, 0.2) is 0 Å². The van der Waals surface area contributed by atoms with E-state index in [4.69, 9.17) is 0 Å². The Morgan fingerprint density at radius 3 is 2.29 bits per heavy atom. The molecule has 4 nitrogen and oxygen atoms in total. The molecule has 0 atom stereocenters. The highest BCUT2D eigenvalue weighted by atomic mass is 127. The van der Waals surface area contributed by atoms with Crippen molar-refractivity contribution in [1.82, 2.24) is 4.83 Å². The topological polar surface area (TPSA) is 58.5 Å². The van der Waals surface area contributed by atoms with Crippen molar-refractivity contribution in [2.75, 3.05) is 4.43 Å². The van der Waals surface area contributed by atoms with Gasteiger partial charge in [0.1, 0.15) is 0 Å². The molecule has 0 aromatic heterocycles. The van der Waals surface area contributed by atoms with Gasteiger partial charge in [-0.2, -0.15) is 18.4 Å². The maximum Gasteiger partial charge on any atom is 0.276 e. The Labute approximate surface area is 138 Å². The monoisotopic (exact) mass is 414 g/mol. The SMILES string of the molecule is Cc1ccc(S(=O)(=O)N/N=C(\CI)c2ccccc2)cc1. The summed E-state index contributed by atoms with van der Waals surface area (Å²) in [6, 6.07) is 16.2. The molecule has 0 aliphatic heterocycles. The molecule has 110 valence electrons. The number of hydrogen-bond donors (Lipinski definition) is 1. The first-order chi connectivity index (χ1) is 10.0. The van der Waals surface area contributed by atoms with Gasteiger partial charge in [0.25, 0.3) is 10.0 Å². The summed E-state index contributed by atoms with van der Waals surface area (Å²) in [6.07, 6.45) is 0. The summed E-state index contributed by atoms with van der Waals surface area (Å²) in [4.78, 5) is 2.51. The lowest BCUT2D eigenvalue weighted by Crippen LogP contribution is -2.21. The standard InChI is InChI=1S/C15H15IN2O2S/c1-12-7-9-14(10-8-12)21(19,20)18-17-15(11-16)13-5-3-2-4-6-13/h2-10,18H,11H2,1H3/b17-15+. The molecular formula is C15H15IN2O2S. The number of halogens is 1. The van der Waals surface area contributed by atoms with Gasteiger partial charge in [-0.1, -0.05) is 70.6 Å². The van der Waals surface area contributed by atoms with E-state index in [9.17, 15) is 8.42 Å². The third kappa shape index (κ3) is 4.28. The number of alkyl halides is 1. The van der Waals surface area contributed by atoms with Crippen molar-refractivity contribution in [2.24, 2.45) is 5.10 Å². The number of sulfonamides is 1. The summed E-state index contributed by atoms with van der Waals surface area (Å²) in [7, 11) is -3.63. The number of benzene rings is 2. The largest absolute Gasteiger partial charge is 0.276 e. The summed E-state index contributed by atoms with van der Waals surface area (Å²) >= 11 is 2.16. The summed E-state index contributed by atoms with van der Waals surface area (Å²) in [5.41, 5.74) is 2.60. The molecule has 1 N–H and O–H groups in total. The van der Waals surface area contributed by atoms with Crippen LogP contribution in [0.2, 0.25) is 0 Å². The smallest absolute Gasteiger partial charge is 0.200 e. The zero-order valence-electron chi connectivity index (χ0n) is 11.5. The Morgan fingerprint density at radius 2 is 1.71 bits per heavy atom. The van der Waals surface area contributed by atoms with E-state index in [2.05, 4.69) is 32.5 Å². The van der Waals surface area contributed by atoms with Crippen LogP contribution in [0.4, 0.5) is 0 Å². The van der Waals surface area contributed by atoms with E-state index >= 15 is 0 Å². The van der Waals surface area contributed by atoms with Crippen molar-refractivity contribution < 1.29 is 8.42 Å². The zero-order valence-corrected chi connectivity index (χ0v) is 14.4. The van der Waals surface area contributed by atoms with E-state index in [1.54, 1.807) is 24.3 Å². The van der Waals surface area contributed by atoms with Gasteiger partial charge < -0.3 is 0 Å². The summed E-state index contributed by atoms with van der Waals surface area (Å²) in [5, 5.41) is 4.05.